The zero-order valence-corrected chi connectivity index (χ0v) is 15.5. The lowest BCUT2D eigenvalue weighted by molar-refractivity contribution is -0.161. The zero-order valence-electron chi connectivity index (χ0n) is 15.5. The van der Waals surface area contributed by atoms with E-state index >= 15 is 4.39 Å². The summed E-state index contributed by atoms with van der Waals surface area (Å²) in [6.45, 7) is 5.69. The highest BCUT2D eigenvalue weighted by Gasteiger charge is 2.66. The molecule has 4 heteroatoms. The third kappa shape index (κ3) is 2.06. The topological polar surface area (TPSA) is 54.4 Å². The van der Waals surface area contributed by atoms with Crippen LogP contribution in [-0.4, -0.2) is 28.4 Å². The van der Waals surface area contributed by atoms with Gasteiger partial charge < -0.3 is 5.11 Å². The number of hydrogen-bond donors (Lipinski definition) is 1. The first-order valence-electron chi connectivity index (χ1n) is 9.76. The minimum Gasteiger partial charge on any atom is -0.382 e. The van der Waals surface area contributed by atoms with Crippen molar-refractivity contribution < 1.29 is 19.1 Å². The SMILES string of the molecule is CC(=O)[C@@]1(O)CC[C@H]2[C@@H]3C[C@H](F)C4=CC(=O)CC[C@]4(C)[C@H]3CC[C@@]21C. The van der Waals surface area contributed by atoms with Gasteiger partial charge in [0.05, 0.1) is 0 Å². The van der Waals surface area contributed by atoms with Gasteiger partial charge in [-0.15, -0.1) is 0 Å². The molecule has 0 radical (unpaired) electrons. The molecule has 0 aromatic carbocycles. The van der Waals surface area contributed by atoms with E-state index in [1.54, 1.807) is 6.08 Å². The molecular weight excluding hydrogens is 319 g/mol. The first kappa shape index (κ1) is 17.4. The fraction of sp³-hybridized carbons (Fsp3) is 0.810. The molecule has 0 aromatic rings. The Morgan fingerprint density at radius 2 is 1.88 bits per heavy atom. The number of ketones is 2. The Morgan fingerprint density at radius 3 is 2.56 bits per heavy atom. The second-order valence-electron chi connectivity index (χ2n) is 9.47. The van der Waals surface area contributed by atoms with E-state index in [1.807, 2.05) is 6.92 Å². The Hall–Kier alpha value is -1.03. The molecular formula is C21H29FO3. The molecule has 0 aromatic heterocycles. The summed E-state index contributed by atoms with van der Waals surface area (Å²) in [6.07, 6.45) is 5.21. The van der Waals surface area contributed by atoms with E-state index in [0.29, 0.717) is 30.8 Å². The molecule has 4 aliphatic rings. The molecule has 4 aliphatic carbocycles. The van der Waals surface area contributed by atoms with Crippen molar-refractivity contribution in [2.75, 3.05) is 0 Å². The minimum atomic E-state index is -1.26. The van der Waals surface area contributed by atoms with Crippen LogP contribution in [0, 0.1) is 28.6 Å². The Bertz CT molecular complexity index is 670. The lowest BCUT2D eigenvalue weighted by atomic mass is 9.46. The van der Waals surface area contributed by atoms with Crippen molar-refractivity contribution in [3.63, 3.8) is 0 Å². The third-order valence-electron chi connectivity index (χ3n) is 8.67. The summed E-state index contributed by atoms with van der Waals surface area (Å²) in [5, 5.41) is 11.1. The van der Waals surface area contributed by atoms with E-state index in [2.05, 4.69) is 6.92 Å². The van der Waals surface area contributed by atoms with Crippen molar-refractivity contribution in [3.05, 3.63) is 11.6 Å². The Balaban J connectivity index is 1.73. The van der Waals surface area contributed by atoms with E-state index in [4.69, 9.17) is 0 Å². The molecule has 0 saturated heterocycles. The highest BCUT2D eigenvalue weighted by atomic mass is 19.1. The van der Waals surface area contributed by atoms with Gasteiger partial charge in [-0.1, -0.05) is 13.8 Å². The minimum absolute atomic E-state index is 0.0565. The van der Waals surface area contributed by atoms with Gasteiger partial charge >= 0.3 is 0 Å². The Morgan fingerprint density at radius 1 is 1.20 bits per heavy atom. The molecule has 3 saturated carbocycles. The Labute approximate surface area is 149 Å². The van der Waals surface area contributed by atoms with Crippen LogP contribution >= 0.6 is 0 Å². The fourth-order valence-electron chi connectivity index (χ4n) is 7.15. The molecule has 1 N–H and O–H groups in total. The van der Waals surface area contributed by atoms with E-state index in [9.17, 15) is 14.7 Å². The molecule has 3 fully saturated rings. The second kappa shape index (κ2) is 5.25. The smallest absolute Gasteiger partial charge is 0.161 e. The standard InChI is InChI=1S/C21H29FO3/c1-12(23)21(25)9-6-16-14-11-18(22)17-10-13(24)4-7-19(17,2)15(14)5-8-20(16,21)3/h10,14-16,18,25H,4-9,11H2,1-3H3/t14-,15+,16+,18+,19-,20+,21+/m1/s1. The quantitative estimate of drug-likeness (QED) is 0.784. The molecule has 138 valence electrons. The molecule has 0 heterocycles. The van der Waals surface area contributed by atoms with Gasteiger partial charge in [-0.3, -0.25) is 9.59 Å². The fourth-order valence-corrected chi connectivity index (χ4v) is 7.15. The van der Waals surface area contributed by atoms with Crippen LogP contribution < -0.4 is 0 Å². The van der Waals surface area contributed by atoms with Crippen molar-refractivity contribution in [2.24, 2.45) is 28.6 Å². The van der Waals surface area contributed by atoms with Crippen LogP contribution in [0.4, 0.5) is 4.39 Å². The largest absolute Gasteiger partial charge is 0.382 e. The molecule has 0 spiro atoms. The van der Waals surface area contributed by atoms with Crippen LogP contribution in [-0.2, 0) is 9.59 Å². The summed E-state index contributed by atoms with van der Waals surface area (Å²) in [6, 6.07) is 0. The summed E-state index contributed by atoms with van der Waals surface area (Å²) >= 11 is 0. The molecule has 0 unspecified atom stereocenters. The van der Waals surface area contributed by atoms with Crippen molar-refractivity contribution in [1.29, 1.82) is 0 Å². The van der Waals surface area contributed by atoms with E-state index in [0.717, 1.165) is 25.7 Å². The lowest BCUT2D eigenvalue weighted by Gasteiger charge is -2.59. The first-order valence-corrected chi connectivity index (χ1v) is 9.76. The number of hydrogen-bond acceptors (Lipinski definition) is 3. The summed E-state index contributed by atoms with van der Waals surface area (Å²) in [5.41, 5.74) is -1.22. The van der Waals surface area contributed by atoms with Crippen molar-refractivity contribution in [2.45, 2.75) is 77.5 Å². The monoisotopic (exact) mass is 348 g/mol. The van der Waals surface area contributed by atoms with E-state index < -0.39 is 17.2 Å². The normalized spacial score (nSPS) is 52.0. The predicted octanol–water partition coefficient (Wildman–Crippen LogP) is 3.79. The number of allylic oxidation sites excluding steroid dienone is 1. The number of carbonyl (C=O) groups excluding carboxylic acids is 2. The van der Waals surface area contributed by atoms with Gasteiger partial charge in [0.1, 0.15) is 11.8 Å². The predicted molar refractivity (Wildman–Crippen MR) is 92.6 cm³/mol. The first-order chi connectivity index (χ1) is 11.6. The molecule has 0 amide bonds. The number of halogens is 1. The number of fused-ring (bicyclic) bond motifs is 5. The van der Waals surface area contributed by atoms with Gasteiger partial charge in [-0.05, 0) is 80.3 Å². The van der Waals surface area contributed by atoms with Gasteiger partial charge in [0, 0.05) is 11.8 Å². The number of rotatable bonds is 1. The average Bonchev–Trinajstić information content (AvgIpc) is 2.83. The third-order valence-corrected chi connectivity index (χ3v) is 8.67. The van der Waals surface area contributed by atoms with Gasteiger partial charge in [-0.25, -0.2) is 4.39 Å². The summed E-state index contributed by atoms with van der Waals surface area (Å²) in [4.78, 5) is 24.1. The summed E-state index contributed by atoms with van der Waals surface area (Å²) in [5.74, 6) is 0.651. The molecule has 0 aliphatic heterocycles. The number of aliphatic hydroxyl groups is 1. The average molecular weight is 348 g/mol. The van der Waals surface area contributed by atoms with Crippen LogP contribution in [0.1, 0.15) is 65.7 Å². The maximum atomic E-state index is 15.1. The van der Waals surface area contributed by atoms with Crippen LogP contribution in [0.5, 0.6) is 0 Å². The van der Waals surface area contributed by atoms with Crippen molar-refractivity contribution >= 4 is 11.6 Å². The highest BCUT2D eigenvalue weighted by Crippen LogP contribution is 2.67. The summed E-state index contributed by atoms with van der Waals surface area (Å²) < 4.78 is 15.1. The maximum Gasteiger partial charge on any atom is 0.161 e. The van der Waals surface area contributed by atoms with Gasteiger partial charge in [0.25, 0.3) is 0 Å². The van der Waals surface area contributed by atoms with Crippen LogP contribution in [0.15, 0.2) is 11.6 Å². The number of alkyl halides is 1. The van der Waals surface area contributed by atoms with Crippen molar-refractivity contribution in [1.82, 2.24) is 0 Å². The molecule has 0 bridgehead atoms. The maximum absolute atomic E-state index is 15.1. The van der Waals surface area contributed by atoms with E-state index in [1.165, 1.54) is 6.92 Å². The van der Waals surface area contributed by atoms with Gasteiger partial charge in [-0.2, -0.15) is 0 Å². The number of carbonyl (C=O) groups is 2. The molecule has 4 rings (SSSR count). The molecule has 3 nitrogen and oxygen atoms in total. The van der Waals surface area contributed by atoms with Crippen LogP contribution in [0.2, 0.25) is 0 Å². The highest BCUT2D eigenvalue weighted by molar-refractivity contribution is 5.92. The lowest BCUT2D eigenvalue weighted by Crippen LogP contribution is -2.58. The van der Waals surface area contributed by atoms with Crippen LogP contribution in [0.25, 0.3) is 0 Å². The van der Waals surface area contributed by atoms with Gasteiger partial charge in [0.15, 0.2) is 11.6 Å². The zero-order chi connectivity index (χ0) is 18.2. The number of Topliss-reactive ketones (excluding diaryl/α,β-unsaturated/α-hetero) is 1. The second-order valence-corrected chi connectivity index (χ2v) is 9.47. The van der Waals surface area contributed by atoms with Gasteiger partial charge in [0.2, 0.25) is 0 Å². The van der Waals surface area contributed by atoms with Crippen LogP contribution in [0.3, 0.4) is 0 Å². The van der Waals surface area contributed by atoms with Crippen molar-refractivity contribution in [3.8, 4) is 0 Å². The Kier molecular flexibility index (Phi) is 3.65. The summed E-state index contributed by atoms with van der Waals surface area (Å²) in [7, 11) is 0. The van der Waals surface area contributed by atoms with E-state index in [-0.39, 0.29) is 28.8 Å². The molecule has 7 atom stereocenters. The molecule has 25 heavy (non-hydrogen) atoms.